The third-order valence-electron chi connectivity index (χ3n) is 3.97. The van der Waals surface area contributed by atoms with Gasteiger partial charge in [0, 0.05) is 28.7 Å². The molecule has 1 aromatic carbocycles. The van der Waals surface area contributed by atoms with Gasteiger partial charge in [-0.05, 0) is 60.1 Å². The molecule has 2 bridgehead atoms. The molecule has 0 spiro atoms. The highest BCUT2D eigenvalue weighted by Crippen LogP contribution is 2.24. The van der Waals surface area contributed by atoms with Crippen LogP contribution in [-0.2, 0) is 0 Å². The summed E-state index contributed by atoms with van der Waals surface area (Å²) in [6, 6.07) is 6.66. The Morgan fingerprint density at radius 1 is 1.30 bits per heavy atom. The number of halogens is 3. The first-order valence-corrected chi connectivity index (χ1v) is 8.09. The van der Waals surface area contributed by atoms with Crippen LogP contribution in [0.5, 0.6) is 0 Å². The van der Waals surface area contributed by atoms with E-state index >= 15 is 0 Å². The molecule has 2 saturated heterocycles. The van der Waals surface area contributed by atoms with Crippen molar-refractivity contribution in [3.63, 3.8) is 0 Å². The van der Waals surface area contributed by atoms with E-state index in [0.717, 1.165) is 23.1 Å². The zero-order valence-electron chi connectivity index (χ0n) is 10.9. The number of hydrogen-bond acceptors (Lipinski definition) is 2. The second kappa shape index (κ2) is 6.81. The fraction of sp³-hybridized carbons (Fsp3) is 0.500. The van der Waals surface area contributed by atoms with Gasteiger partial charge in [-0.1, -0.05) is 11.6 Å². The lowest BCUT2D eigenvalue weighted by Crippen LogP contribution is -2.39. The molecule has 110 valence electrons. The zero-order valence-corrected chi connectivity index (χ0v) is 14.7. The molecule has 20 heavy (non-hydrogen) atoms. The highest BCUT2D eigenvalue weighted by atomic mass is 127. The van der Waals surface area contributed by atoms with Crippen LogP contribution in [0.3, 0.4) is 0 Å². The van der Waals surface area contributed by atoms with Gasteiger partial charge in [0.1, 0.15) is 0 Å². The number of benzene rings is 1. The number of fused-ring (bicyclic) bond motifs is 2. The lowest BCUT2D eigenvalue weighted by molar-refractivity contribution is 0.0748. The first kappa shape index (κ1) is 16.3. The van der Waals surface area contributed by atoms with Crippen LogP contribution in [0.25, 0.3) is 0 Å². The molecule has 0 aromatic heterocycles. The van der Waals surface area contributed by atoms with Crippen molar-refractivity contribution in [3.8, 4) is 0 Å². The summed E-state index contributed by atoms with van der Waals surface area (Å²) in [4.78, 5) is 14.5. The Morgan fingerprint density at radius 3 is 2.80 bits per heavy atom. The van der Waals surface area contributed by atoms with Gasteiger partial charge in [-0.3, -0.25) is 4.79 Å². The van der Waals surface area contributed by atoms with Gasteiger partial charge in [0.05, 0.1) is 10.6 Å². The van der Waals surface area contributed by atoms with Gasteiger partial charge in [0.2, 0.25) is 0 Å². The Hall–Kier alpha value is -0.0400. The summed E-state index contributed by atoms with van der Waals surface area (Å²) in [5, 5.41) is 4.14. The van der Waals surface area contributed by atoms with Crippen LogP contribution in [-0.4, -0.2) is 36.0 Å². The fourth-order valence-corrected chi connectivity index (χ4v) is 3.90. The Morgan fingerprint density at radius 2 is 2.05 bits per heavy atom. The zero-order chi connectivity index (χ0) is 13.4. The van der Waals surface area contributed by atoms with E-state index in [1.807, 2.05) is 23.1 Å². The number of nitrogens with one attached hydrogen (secondary N) is 1. The predicted molar refractivity (Wildman–Crippen MR) is 91.9 cm³/mol. The molecule has 2 heterocycles. The van der Waals surface area contributed by atoms with Crippen molar-refractivity contribution in [3.05, 3.63) is 32.4 Å². The van der Waals surface area contributed by atoms with Crippen LogP contribution < -0.4 is 5.32 Å². The lowest BCUT2D eigenvalue weighted by Gasteiger charge is -2.24. The maximum Gasteiger partial charge on any atom is 0.255 e. The van der Waals surface area contributed by atoms with Crippen LogP contribution in [0.15, 0.2) is 18.2 Å². The molecule has 2 aliphatic rings. The molecule has 2 aliphatic heterocycles. The minimum absolute atomic E-state index is 0. The van der Waals surface area contributed by atoms with Crippen molar-refractivity contribution < 1.29 is 4.79 Å². The summed E-state index contributed by atoms with van der Waals surface area (Å²) < 4.78 is 1.05. The first-order chi connectivity index (χ1) is 9.13. The second-order valence-electron chi connectivity index (χ2n) is 5.30. The van der Waals surface area contributed by atoms with E-state index in [9.17, 15) is 4.79 Å². The van der Waals surface area contributed by atoms with Crippen LogP contribution in [0.1, 0.15) is 29.6 Å². The summed E-state index contributed by atoms with van der Waals surface area (Å²) in [6.45, 7) is 1.63. The van der Waals surface area contributed by atoms with Gasteiger partial charge < -0.3 is 10.2 Å². The molecule has 1 N–H and O–H groups in total. The normalized spacial score (nSPS) is 25.0. The number of rotatable bonds is 1. The van der Waals surface area contributed by atoms with Crippen molar-refractivity contribution in [2.24, 2.45) is 0 Å². The Balaban J connectivity index is 0.00000147. The number of likely N-dealkylation sites (tertiary alicyclic amines) is 1. The highest BCUT2D eigenvalue weighted by Gasteiger charge is 2.31. The van der Waals surface area contributed by atoms with Gasteiger partial charge in [0.15, 0.2) is 0 Å². The molecule has 1 amide bonds. The van der Waals surface area contributed by atoms with Crippen LogP contribution >= 0.6 is 46.6 Å². The fourth-order valence-electron chi connectivity index (χ4n) is 2.96. The van der Waals surface area contributed by atoms with E-state index in [1.165, 1.54) is 12.8 Å². The summed E-state index contributed by atoms with van der Waals surface area (Å²) in [7, 11) is 0. The predicted octanol–water partition coefficient (Wildman–Crippen LogP) is 3.33. The molecule has 2 atom stereocenters. The number of carbonyl (C=O) groups excluding carboxylic acids is 1. The van der Waals surface area contributed by atoms with Gasteiger partial charge >= 0.3 is 0 Å². The topological polar surface area (TPSA) is 32.3 Å². The van der Waals surface area contributed by atoms with Crippen molar-refractivity contribution in [1.82, 2.24) is 10.2 Å². The molecule has 0 saturated carbocycles. The van der Waals surface area contributed by atoms with Gasteiger partial charge in [0.25, 0.3) is 5.91 Å². The van der Waals surface area contributed by atoms with Gasteiger partial charge in [-0.2, -0.15) is 0 Å². The number of carbonyl (C=O) groups is 1. The third-order valence-corrected chi connectivity index (χ3v) is 4.96. The number of nitrogens with zero attached hydrogens (tertiary/aromatic N) is 1. The molecule has 0 radical (unpaired) electrons. The van der Waals surface area contributed by atoms with E-state index in [2.05, 4.69) is 27.9 Å². The third kappa shape index (κ3) is 3.40. The minimum atomic E-state index is 0. The first-order valence-electron chi connectivity index (χ1n) is 6.64. The average molecular weight is 427 g/mol. The standard InChI is InChI=1S/C14H16ClIN2O.ClH/c15-13-7-9(16)1-4-12(13)14(19)18-6-5-10-2-3-11(8-18)17-10;/h1,4,7,10-11,17H,2-3,5-6,8H2;1H. The van der Waals surface area contributed by atoms with Crippen molar-refractivity contribution in [2.75, 3.05) is 13.1 Å². The molecule has 3 nitrogen and oxygen atoms in total. The lowest BCUT2D eigenvalue weighted by atomic mass is 10.1. The quantitative estimate of drug-likeness (QED) is 0.698. The van der Waals surface area contributed by atoms with E-state index in [4.69, 9.17) is 11.6 Å². The maximum absolute atomic E-state index is 12.6. The monoisotopic (exact) mass is 426 g/mol. The molecule has 0 aliphatic carbocycles. The summed E-state index contributed by atoms with van der Waals surface area (Å²) >= 11 is 8.40. The molecule has 1 aromatic rings. The molecule has 3 rings (SSSR count). The number of amides is 1. The SMILES string of the molecule is Cl.O=C(c1ccc(I)cc1Cl)N1CCC2CCC(C1)N2. The van der Waals surface area contributed by atoms with E-state index in [1.54, 1.807) is 0 Å². The summed E-state index contributed by atoms with van der Waals surface area (Å²) in [6.07, 6.45) is 3.47. The van der Waals surface area contributed by atoms with E-state index < -0.39 is 0 Å². The second-order valence-corrected chi connectivity index (χ2v) is 6.95. The van der Waals surface area contributed by atoms with E-state index in [-0.39, 0.29) is 18.3 Å². The summed E-state index contributed by atoms with van der Waals surface area (Å²) in [5.41, 5.74) is 0.625. The van der Waals surface area contributed by atoms with Crippen LogP contribution in [0, 0.1) is 3.57 Å². The highest BCUT2D eigenvalue weighted by molar-refractivity contribution is 14.1. The molecular weight excluding hydrogens is 410 g/mol. The Bertz CT molecular complexity index is 512. The largest absolute Gasteiger partial charge is 0.337 e. The molecule has 6 heteroatoms. The van der Waals surface area contributed by atoms with Gasteiger partial charge in [-0.15, -0.1) is 12.4 Å². The van der Waals surface area contributed by atoms with Crippen molar-refractivity contribution >= 4 is 52.5 Å². The maximum atomic E-state index is 12.6. The smallest absolute Gasteiger partial charge is 0.255 e. The van der Waals surface area contributed by atoms with Crippen molar-refractivity contribution in [2.45, 2.75) is 31.3 Å². The van der Waals surface area contributed by atoms with Crippen LogP contribution in [0.4, 0.5) is 0 Å². The average Bonchev–Trinajstić information content (AvgIpc) is 2.68. The van der Waals surface area contributed by atoms with E-state index in [0.29, 0.717) is 22.7 Å². The van der Waals surface area contributed by atoms with Crippen LogP contribution in [0.2, 0.25) is 5.02 Å². The number of hydrogen-bond donors (Lipinski definition) is 1. The molecular formula is C14H17Cl2IN2O. The van der Waals surface area contributed by atoms with Gasteiger partial charge in [-0.25, -0.2) is 0 Å². The molecule has 2 fully saturated rings. The Kier molecular flexibility index (Phi) is 5.56. The Labute approximate surface area is 144 Å². The summed E-state index contributed by atoms with van der Waals surface area (Å²) in [5.74, 6) is 0.0655. The minimum Gasteiger partial charge on any atom is -0.337 e. The molecule has 2 unspecified atom stereocenters. The van der Waals surface area contributed by atoms with Crippen molar-refractivity contribution in [1.29, 1.82) is 0 Å².